The molecular formula is C24H16F3N3O3. The summed E-state index contributed by atoms with van der Waals surface area (Å²) >= 11 is 0. The largest absolute Gasteiger partial charge is 0.460 e. The average molecular weight is 451 g/mol. The number of nitrogens with zero attached hydrogens (tertiary/aromatic N) is 2. The van der Waals surface area contributed by atoms with Crippen LogP contribution < -0.4 is 5.32 Å². The van der Waals surface area contributed by atoms with Gasteiger partial charge in [0.1, 0.15) is 12.5 Å². The Hall–Kier alpha value is -3.72. The van der Waals surface area contributed by atoms with Crippen molar-refractivity contribution in [2.24, 2.45) is 5.92 Å². The van der Waals surface area contributed by atoms with Crippen molar-refractivity contribution in [1.82, 2.24) is 9.97 Å². The minimum atomic E-state index is -4.56. The second-order valence-electron chi connectivity index (χ2n) is 8.32. The first kappa shape index (κ1) is 19.9. The van der Waals surface area contributed by atoms with Gasteiger partial charge in [0.15, 0.2) is 5.72 Å². The number of ether oxygens (including phenoxy) is 1. The Morgan fingerprint density at radius 2 is 1.73 bits per heavy atom. The molecule has 6 nitrogen and oxygen atoms in total. The highest BCUT2D eigenvalue weighted by Gasteiger charge is 2.58. The molecule has 2 N–H and O–H groups in total. The molecule has 0 spiro atoms. The van der Waals surface area contributed by atoms with Crippen molar-refractivity contribution >= 4 is 33.5 Å². The molecule has 0 bridgehead atoms. The molecule has 0 amide bonds. The van der Waals surface area contributed by atoms with E-state index in [0.717, 1.165) is 12.1 Å². The van der Waals surface area contributed by atoms with Crippen LogP contribution in [0.25, 0.3) is 21.8 Å². The summed E-state index contributed by atoms with van der Waals surface area (Å²) in [5.41, 5.74) is -0.161. The van der Waals surface area contributed by atoms with Crippen LogP contribution in [0.3, 0.4) is 0 Å². The number of rotatable bonds is 1. The zero-order valence-electron chi connectivity index (χ0n) is 16.9. The van der Waals surface area contributed by atoms with Crippen LogP contribution in [-0.2, 0) is 15.7 Å². The summed E-state index contributed by atoms with van der Waals surface area (Å²) in [5, 5.41) is 15.7. The normalized spacial score (nSPS) is 24.3. The molecule has 0 saturated carbocycles. The van der Waals surface area contributed by atoms with E-state index in [9.17, 15) is 23.1 Å². The van der Waals surface area contributed by atoms with Gasteiger partial charge in [-0.3, -0.25) is 14.8 Å². The molecule has 0 radical (unpaired) electrons. The van der Waals surface area contributed by atoms with Gasteiger partial charge < -0.3 is 15.2 Å². The monoisotopic (exact) mass is 451 g/mol. The predicted molar refractivity (Wildman–Crippen MR) is 113 cm³/mol. The summed E-state index contributed by atoms with van der Waals surface area (Å²) in [7, 11) is 0. The summed E-state index contributed by atoms with van der Waals surface area (Å²) in [6.07, 6.45) is -1.33. The number of alkyl halides is 3. The maximum Gasteiger partial charge on any atom is 0.416 e. The van der Waals surface area contributed by atoms with E-state index >= 15 is 0 Å². The van der Waals surface area contributed by atoms with Crippen LogP contribution in [0, 0.1) is 5.92 Å². The van der Waals surface area contributed by atoms with Crippen LogP contribution in [0.1, 0.15) is 22.6 Å². The van der Waals surface area contributed by atoms with Gasteiger partial charge in [-0.1, -0.05) is 24.3 Å². The Morgan fingerprint density at radius 1 is 1.03 bits per heavy atom. The number of aliphatic hydroxyl groups is 1. The number of anilines is 1. The van der Waals surface area contributed by atoms with E-state index in [4.69, 9.17) is 4.74 Å². The first-order chi connectivity index (χ1) is 15.8. The first-order valence-corrected chi connectivity index (χ1v) is 10.3. The lowest BCUT2D eigenvalue weighted by Gasteiger charge is -2.41. The smallest absolute Gasteiger partial charge is 0.416 e. The Labute approximate surface area is 185 Å². The van der Waals surface area contributed by atoms with Crippen molar-refractivity contribution in [1.29, 1.82) is 0 Å². The van der Waals surface area contributed by atoms with Gasteiger partial charge in [0.05, 0.1) is 22.3 Å². The molecular weight excluding hydrogens is 435 g/mol. The summed E-state index contributed by atoms with van der Waals surface area (Å²) in [6.45, 7) is -0.321. The molecule has 9 heteroatoms. The second kappa shape index (κ2) is 6.64. The highest BCUT2D eigenvalue weighted by atomic mass is 19.4. The summed E-state index contributed by atoms with van der Waals surface area (Å²) in [4.78, 5) is 21.7. The maximum atomic E-state index is 13.5. The van der Waals surface area contributed by atoms with E-state index in [-0.39, 0.29) is 12.2 Å². The fourth-order valence-electron chi connectivity index (χ4n) is 5.08. The SMILES string of the molecule is O=C1OC[C@]2(O)Nc3c(c4cccnc4c4ncccc34)[C@@H](c3cccc(C(F)(F)F)c3)[C@@H]12. The summed E-state index contributed by atoms with van der Waals surface area (Å²) < 4.78 is 45.8. The van der Waals surface area contributed by atoms with E-state index in [0.29, 0.717) is 33.1 Å². The quantitative estimate of drug-likeness (QED) is 0.333. The number of fused-ring (bicyclic) bond motifs is 7. The minimum Gasteiger partial charge on any atom is -0.460 e. The molecule has 2 aliphatic rings. The van der Waals surface area contributed by atoms with Gasteiger partial charge in [-0.2, -0.15) is 13.2 Å². The lowest BCUT2D eigenvalue weighted by molar-refractivity contribution is -0.141. The van der Waals surface area contributed by atoms with Crippen molar-refractivity contribution in [2.45, 2.75) is 17.8 Å². The number of carbonyl (C=O) groups is 1. The van der Waals surface area contributed by atoms with Crippen LogP contribution in [-0.4, -0.2) is 33.4 Å². The predicted octanol–water partition coefficient (Wildman–Crippen LogP) is 4.22. The molecule has 6 rings (SSSR count). The molecule has 3 atom stereocenters. The number of aromatic nitrogens is 2. The number of halogens is 3. The molecule has 2 aromatic heterocycles. The van der Waals surface area contributed by atoms with Gasteiger partial charge in [-0.15, -0.1) is 0 Å². The highest BCUT2D eigenvalue weighted by molar-refractivity contribution is 6.12. The minimum absolute atomic E-state index is 0.253. The molecule has 2 aromatic carbocycles. The molecule has 0 unspecified atom stereocenters. The third-order valence-corrected chi connectivity index (χ3v) is 6.43. The highest BCUT2D eigenvalue weighted by Crippen LogP contribution is 2.53. The number of esters is 1. The van der Waals surface area contributed by atoms with Crippen molar-refractivity contribution in [3.63, 3.8) is 0 Å². The van der Waals surface area contributed by atoms with Crippen molar-refractivity contribution in [3.05, 3.63) is 77.6 Å². The Morgan fingerprint density at radius 3 is 2.45 bits per heavy atom. The molecule has 1 fully saturated rings. The number of benzene rings is 2. The van der Waals surface area contributed by atoms with Gasteiger partial charge >= 0.3 is 12.1 Å². The molecule has 1 saturated heterocycles. The molecule has 166 valence electrons. The van der Waals surface area contributed by atoms with Crippen molar-refractivity contribution in [2.75, 3.05) is 11.9 Å². The zero-order chi connectivity index (χ0) is 23.0. The number of pyridine rings is 2. The van der Waals surface area contributed by atoms with E-state index in [2.05, 4.69) is 15.3 Å². The van der Waals surface area contributed by atoms with E-state index in [1.165, 1.54) is 12.1 Å². The fourth-order valence-corrected chi connectivity index (χ4v) is 5.08. The van der Waals surface area contributed by atoms with E-state index in [1.54, 1.807) is 36.7 Å². The summed E-state index contributed by atoms with van der Waals surface area (Å²) in [6, 6.07) is 11.9. The number of carbonyl (C=O) groups excluding carboxylic acids is 1. The van der Waals surface area contributed by atoms with Crippen molar-refractivity contribution in [3.8, 4) is 0 Å². The standard InChI is InChI=1S/C24H16F3N3O3/c25-24(26,27)13-5-1-4-12(10-13)16-17-14-6-2-8-28-20(14)21-15(7-3-9-29-21)19(17)30-23(32)11-33-22(31)18(16)23/h1-10,16,18,30,32H,11H2/t16-,18+,23-/m1/s1. The topological polar surface area (TPSA) is 84.3 Å². The van der Waals surface area contributed by atoms with Gasteiger partial charge in [0, 0.05) is 29.1 Å². The van der Waals surface area contributed by atoms with Crippen LogP contribution in [0.2, 0.25) is 0 Å². The second-order valence-corrected chi connectivity index (χ2v) is 8.32. The van der Waals surface area contributed by atoms with E-state index in [1.807, 2.05) is 0 Å². The average Bonchev–Trinajstić information content (AvgIpc) is 3.11. The third-order valence-electron chi connectivity index (χ3n) is 6.43. The van der Waals surface area contributed by atoms with Gasteiger partial charge in [0.25, 0.3) is 0 Å². The molecule has 4 aromatic rings. The Bertz CT molecular complexity index is 1460. The van der Waals surface area contributed by atoms with Gasteiger partial charge in [-0.05, 0) is 35.4 Å². The van der Waals surface area contributed by atoms with Crippen LogP contribution >= 0.6 is 0 Å². The number of hydrogen-bond acceptors (Lipinski definition) is 6. The molecule has 0 aliphatic carbocycles. The van der Waals surface area contributed by atoms with Gasteiger partial charge in [-0.25, -0.2) is 0 Å². The third kappa shape index (κ3) is 2.82. The maximum absolute atomic E-state index is 13.5. The number of cyclic esters (lactones) is 1. The molecule has 4 heterocycles. The number of hydrogen-bond donors (Lipinski definition) is 2. The Kier molecular flexibility index (Phi) is 4.01. The van der Waals surface area contributed by atoms with Crippen LogP contribution in [0.15, 0.2) is 60.9 Å². The molecule has 33 heavy (non-hydrogen) atoms. The lowest BCUT2D eigenvalue weighted by atomic mass is 9.71. The fraction of sp³-hybridized carbons (Fsp3) is 0.208. The van der Waals surface area contributed by atoms with E-state index < -0.39 is 35.3 Å². The first-order valence-electron chi connectivity index (χ1n) is 10.3. The zero-order valence-corrected chi connectivity index (χ0v) is 16.9. The lowest BCUT2D eigenvalue weighted by Crippen LogP contribution is -2.51. The Balaban J connectivity index is 1.74. The van der Waals surface area contributed by atoms with Crippen molar-refractivity contribution < 1.29 is 27.8 Å². The number of nitrogens with one attached hydrogen (secondary N) is 1. The van der Waals surface area contributed by atoms with Crippen LogP contribution in [0.5, 0.6) is 0 Å². The van der Waals surface area contributed by atoms with Crippen LogP contribution in [0.4, 0.5) is 18.9 Å². The summed E-state index contributed by atoms with van der Waals surface area (Å²) in [5.74, 6) is -2.73. The van der Waals surface area contributed by atoms with Gasteiger partial charge in [0.2, 0.25) is 0 Å². The molecule has 2 aliphatic heterocycles.